The van der Waals surface area contributed by atoms with Crippen LogP contribution in [0.25, 0.3) is 0 Å². The molecule has 1 atom stereocenters. The zero-order chi connectivity index (χ0) is 15.0. The van der Waals surface area contributed by atoms with Crippen molar-refractivity contribution in [2.75, 3.05) is 31.6 Å². The fraction of sp³-hybridized carbons (Fsp3) is 0.500. The Morgan fingerprint density at radius 1 is 1.32 bits per heavy atom. The molecule has 120 valence electrons. The van der Waals surface area contributed by atoms with Crippen molar-refractivity contribution >= 4 is 29.9 Å². The summed E-state index contributed by atoms with van der Waals surface area (Å²) in [5, 5.41) is 3.34. The van der Waals surface area contributed by atoms with Gasteiger partial charge in [-0.05, 0) is 37.1 Å². The Morgan fingerprint density at radius 3 is 2.82 bits per heavy atom. The number of aryl methyl sites for hydroxylation is 1. The summed E-state index contributed by atoms with van der Waals surface area (Å²) in [5.41, 5.74) is 2.74. The van der Waals surface area contributed by atoms with E-state index in [2.05, 4.69) is 12.2 Å². The van der Waals surface area contributed by atoms with Gasteiger partial charge in [0.2, 0.25) is 5.91 Å². The predicted molar refractivity (Wildman–Crippen MR) is 88.8 cm³/mol. The van der Waals surface area contributed by atoms with Crippen LogP contribution in [0.5, 0.6) is 0 Å². The molecule has 0 aromatic heterocycles. The molecule has 2 heterocycles. The molecule has 2 aliphatic rings. The summed E-state index contributed by atoms with van der Waals surface area (Å²) in [4.78, 5) is 27.9. The average molecular weight is 324 g/mol. The number of hydrogen-bond acceptors (Lipinski definition) is 3. The number of anilines is 1. The van der Waals surface area contributed by atoms with Gasteiger partial charge in [-0.15, -0.1) is 12.4 Å². The number of benzene rings is 1. The number of nitrogens with zero attached hydrogens (tertiary/aromatic N) is 2. The zero-order valence-electron chi connectivity index (χ0n) is 13.0. The lowest BCUT2D eigenvalue weighted by Gasteiger charge is -2.32. The van der Waals surface area contributed by atoms with Crippen molar-refractivity contribution in [2.24, 2.45) is 0 Å². The maximum Gasteiger partial charge on any atom is 0.253 e. The summed E-state index contributed by atoms with van der Waals surface area (Å²) in [6.45, 7) is 4.43. The van der Waals surface area contributed by atoms with Gasteiger partial charge in [-0.25, -0.2) is 0 Å². The molecule has 0 saturated carbocycles. The molecule has 5 nitrogen and oxygen atoms in total. The third-order valence-electron chi connectivity index (χ3n) is 4.33. The molecular weight excluding hydrogens is 302 g/mol. The molecule has 6 heteroatoms. The van der Waals surface area contributed by atoms with Gasteiger partial charge in [0.15, 0.2) is 0 Å². The minimum absolute atomic E-state index is 0. The molecule has 0 aliphatic carbocycles. The van der Waals surface area contributed by atoms with E-state index in [-0.39, 0.29) is 24.2 Å². The van der Waals surface area contributed by atoms with Crippen molar-refractivity contribution in [1.29, 1.82) is 0 Å². The molecule has 22 heavy (non-hydrogen) atoms. The Balaban J connectivity index is 0.00000176. The number of fused-ring (bicyclic) bond motifs is 1. The van der Waals surface area contributed by atoms with Gasteiger partial charge in [-0.1, -0.05) is 0 Å². The fourth-order valence-corrected chi connectivity index (χ4v) is 3.09. The normalized spacial score (nSPS) is 21.2. The van der Waals surface area contributed by atoms with E-state index >= 15 is 0 Å². The minimum atomic E-state index is 0. The first-order valence-corrected chi connectivity index (χ1v) is 7.48. The molecule has 0 spiro atoms. The van der Waals surface area contributed by atoms with Crippen molar-refractivity contribution in [3.05, 3.63) is 29.3 Å². The van der Waals surface area contributed by atoms with Crippen LogP contribution >= 0.6 is 12.4 Å². The van der Waals surface area contributed by atoms with Gasteiger partial charge in [0.05, 0.1) is 0 Å². The van der Waals surface area contributed by atoms with Gasteiger partial charge in [-0.3, -0.25) is 9.59 Å². The Kier molecular flexibility index (Phi) is 5.08. The van der Waals surface area contributed by atoms with Gasteiger partial charge in [-0.2, -0.15) is 0 Å². The molecule has 1 saturated heterocycles. The summed E-state index contributed by atoms with van der Waals surface area (Å²) in [6.07, 6.45) is 1.24. The van der Waals surface area contributed by atoms with E-state index in [0.29, 0.717) is 12.5 Å². The first-order chi connectivity index (χ1) is 10.1. The highest BCUT2D eigenvalue weighted by Crippen LogP contribution is 2.28. The third-order valence-corrected chi connectivity index (χ3v) is 4.33. The van der Waals surface area contributed by atoms with Crippen molar-refractivity contribution in [3.63, 3.8) is 0 Å². The van der Waals surface area contributed by atoms with Crippen molar-refractivity contribution in [1.82, 2.24) is 10.2 Å². The van der Waals surface area contributed by atoms with Crippen LogP contribution in [0.3, 0.4) is 0 Å². The highest BCUT2D eigenvalue weighted by molar-refractivity contribution is 5.99. The van der Waals surface area contributed by atoms with Crippen LogP contribution in [0.15, 0.2) is 18.2 Å². The number of halogens is 1. The van der Waals surface area contributed by atoms with E-state index in [1.807, 2.05) is 23.1 Å². The first kappa shape index (κ1) is 16.8. The summed E-state index contributed by atoms with van der Waals surface area (Å²) >= 11 is 0. The number of rotatable bonds is 1. The quantitative estimate of drug-likeness (QED) is 0.851. The number of hydrogen-bond donors (Lipinski definition) is 1. The minimum Gasteiger partial charge on any atom is -0.336 e. The van der Waals surface area contributed by atoms with Crippen LogP contribution < -0.4 is 10.2 Å². The Hall–Kier alpha value is -1.59. The highest BCUT2D eigenvalue weighted by atomic mass is 35.5. The maximum absolute atomic E-state index is 12.6. The monoisotopic (exact) mass is 323 g/mol. The summed E-state index contributed by atoms with van der Waals surface area (Å²) in [7, 11) is 1.79. The second-order valence-electron chi connectivity index (χ2n) is 5.90. The van der Waals surface area contributed by atoms with Crippen LogP contribution in [0.4, 0.5) is 5.69 Å². The number of nitrogens with one attached hydrogen (secondary N) is 1. The molecule has 0 unspecified atom stereocenters. The Bertz CT molecular complexity index is 591. The first-order valence-electron chi connectivity index (χ1n) is 7.48. The standard InChI is InChI=1S/C16H21N3O2.ClH/c1-11-10-19(8-7-17-11)16(21)13-3-5-14-12(9-13)4-6-15(20)18(14)2;/h3,5,9,11,17H,4,6-8,10H2,1-2H3;1H/t11-;/m1./s1. The zero-order valence-corrected chi connectivity index (χ0v) is 13.8. The lowest BCUT2D eigenvalue weighted by molar-refractivity contribution is -0.118. The van der Waals surface area contributed by atoms with E-state index in [1.165, 1.54) is 0 Å². The van der Waals surface area contributed by atoms with E-state index in [4.69, 9.17) is 0 Å². The van der Waals surface area contributed by atoms with Crippen LogP contribution in [0.1, 0.15) is 29.3 Å². The summed E-state index contributed by atoms with van der Waals surface area (Å²) in [6, 6.07) is 6.02. The second kappa shape index (κ2) is 6.67. The lowest BCUT2D eigenvalue weighted by Crippen LogP contribution is -2.51. The molecule has 1 N–H and O–H groups in total. The van der Waals surface area contributed by atoms with Crippen LogP contribution in [-0.4, -0.2) is 49.4 Å². The SMILES string of the molecule is C[C@@H]1CN(C(=O)c2ccc3c(c2)CCC(=O)N3C)CCN1.Cl. The summed E-state index contributed by atoms with van der Waals surface area (Å²) in [5.74, 6) is 0.225. The molecule has 2 aliphatic heterocycles. The molecule has 1 fully saturated rings. The topological polar surface area (TPSA) is 52.7 Å². The number of amides is 2. The van der Waals surface area contributed by atoms with E-state index < -0.39 is 0 Å². The fourth-order valence-electron chi connectivity index (χ4n) is 3.09. The van der Waals surface area contributed by atoms with E-state index in [0.717, 1.165) is 42.9 Å². The highest BCUT2D eigenvalue weighted by Gasteiger charge is 2.25. The van der Waals surface area contributed by atoms with E-state index in [1.54, 1.807) is 11.9 Å². The van der Waals surface area contributed by atoms with Crippen molar-refractivity contribution in [3.8, 4) is 0 Å². The molecule has 2 amide bonds. The smallest absolute Gasteiger partial charge is 0.253 e. The van der Waals surface area contributed by atoms with Crippen LogP contribution in [0, 0.1) is 0 Å². The predicted octanol–water partition coefficient (Wildman–Crippen LogP) is 1.45. The van der Waals surface area contributed by atoms with Gasteiger partial charge < -0.3 is 15.1 Å². The third kappa shape index (κ3) is 3.10. The second-order valence-corrected chi connectivity index (χ2v) is 5.90. The Morgan fingerprint density at radius 2 is 2.09 bits per heavy atom. The number of carbonyl (C=O) groups excluding carboxylic acids is 2. The maximum atomic E-state index is 12.6. The van der Waals surface area contributed by atoms with Crippen molar-refractivity contribution < 1.29 is 9.59 Å². The van der Waals surface area contributed by atoms with Gasteiger partial charge in [0.1, 0.15) is 0 Å². The van der Waals surface area contributed by atoms with Crippen LogP contribution in [0.2, 0.25) is 0 Å². The number of carbonyl (C=O) groups is 2. The van der Waals surface area contributed by atoms with Gasteiger partial charge in [0.25, 0.3) is 5.91 Å². The molecule has 0 radical (unpaired) electrons. The summed E-state index contributed by atoms with van der Waals surface area (Å²) < 4.78 is 0. The number of piperazine rings is 1. The lowest BCUT2D eigenvalue weighted by atomic mass is 9.98. The van der Waals surface area contributed by atoms with Gasteiger partial charge >= 0.3 is 0 Å². The van der Waals surface area contributed by atoms with E-state index in [9.17, 15) is 9.59 Å². The Labute approximate surface area is 137 Å². The molecule has 0 bridgehead atoms. The van der Waals surface area contributed by atoms with Crippen molar-refractivity contribution in [2.45, 2.75) is 25.8 Å². The molecular formula is C16H22ClN3O2. The molecule has 3 rings (SSSR count). The molecule has 1 aromatic carbocycles. The largest absolute Gasteiger partial charge is 0.336 e. The van der Waals surface area contributed by atoms with Gasteiger partial charge in [0, 0.05) is 50.4 Å². The van der Waals surface area contributed by atoms with Crippen LogP contribution in [-0.2, 0) is 11.2 Å². The average Bonchev–Trinajstić information content (AvgIpc) is 2.50. The molecule has 1 aromatic rings.